The van der Waals surface area contributed by atoms with Crippen LogP contribution >= 0.6 is 0 Å². The Morgan fingerprint density at radius 1 is 1.19 bits per heavy atom. The summed E-state index contributed by atoms with van der Waals surface area (Å²) in [6.07, 6.45) is 2.86. The average molecular weight is 351 g/mol. The molecule has 1 N–H and O–H groups in total. The summed E-state index contributed by atoms with van der Waals surface area (Å²) in [7, 11) is 0. The second-order valence-corrected chi connectivity index (χ2v) is 6.37. The monoisotopic (exact) mass is 351 g/mol. The zero-order valence-corrected chi connectivity index (χ0v) is 14.9. The average Bonchev–Trinajstić information content (AvgIpc) is 2.98. The Kier molecular flexibility index (Phi) is 5.11. The molecule has 0 radical (unpaired) electrons. The number of benzene rings is 1. The van der Waals surface area contributed by atoms with Crippen LogP contribution in [0.4, 0.5) is 5.69 Å². The van der Waals surface area contributed by atoms with Crippen molar-refractivity contribution in [1.29, 1.82) is 0 Å². The van der Waals surface area contributed by atoms with E-state index in [0.29, 0.717) is 17.7 Å². The summed E-state index contributed by atoms with van der Waals surface area (Å²) in [5, 5.41) is 2.98. The molecule has 1 saturated heterocycles. The predicted octanol–water partition coefficient (Wildman–Crippen LogP) is 2.92. The van der Waals surface area contributed by atoms with Crippen LogP contribution in [0.15, 0.2) is 42.6 Å². The van der Waals surface area contributed by atoms with Gasteiger partial charge >= 0.3 is 0 Å². The van der Waals surface area contributed by atoms with E-state index in [9.17, 15) is 14.4 Å². The Morgan fingerprint density at radius 3 is 2.58 bits per heavy atom. The maximum atomic E-state index is 12.7. The van der Waals surface area contributed by atoms with Gasteiger partial charge in [-0.05, 0) is 49.2 Å². The number of anilines is 1. The zero-order valence-electron chi connectivity index (χ0n) is 14.9. The molecule has 0 unspecified atom stereocenters. The standard InChI is InChI=1S/C20H21N3O3/c1-3-16(17-11-13(2)9-10-21-17)22-20(26)14-5-4-6-15(12-14)23-18(24)7-8-19(23)25/h4-6,9-12,16H,3,7-8H2,1-2H3,(H,22,26)/t16-/m0/s1. The van der Waals surface area contributed by atoms with Crippen molar-refractivity contribution >= 4 is 23.4 Å². The first-order valence-corrected chi connectivity index (χ1v) is 8.69. The van der Waals surface area contributed by atoms with E-state index in [4.69, 9.17) is 0 Å². The summed E-state index contributed by atoms with van der Waals surface area (Å²) in [5.74, 6) is -0.730. The van der Waals surface area contributed by atoms with Gasteiger partial charge in [-0.3, -0.25) is 24.3 Å². The Morgan fingerprint density at radius 2 is 1.92 bits per heavy atom. The van der Waals surface area contributed by atoms with Crippen LogP contribution in [0.1, 0.15) is 53.8 Å². The van der Waals surface area contributed by atoms with Crippen LogP contribution in [0.5, 0.6) is 0 Å². The van der Waals surface area contributed by atoms with Gasteiger partial charge in [0.2, 0.25) is 11.8 Å². The number of imide groups is 1. The summed E-state index contributed by atoms with van der Waals surface area (Å²) < 4.78 is 0. The van der Waals surface area contributed by atoms with E-state index < -0.39 is 0 Å². The molecule has 0 spiro atoms. The van der Waals surface area contributed by atoms with E-state index in [1.807, 2.05) is 26.0 Å². The van der Waals surface area contributed by atoms with Crippen LogP contribution < -0.4 is 10.2 Å². The minimum absolute atomic E-state index is 0.207. The van der Waals surface area contributed by atoms with Gasteiger partial charge < -0.3 is 5.32 Å². The number of nitrogens with one attached hydrogen (secondary N) is 1. The number of hydrogen-bond donors (Lipinski definition) is 1. The summed E-state index contributed by atoms with van der Waals surface area (Å²) in [5.41, 5.74) is 2.73. The van der Waals surface area contributed by atoms with E-state index in [1.165, 1.54) is 0 Å². The fraction of sp³-hybridized carbons (Fsp3) is 0.300. The van der Waals surface area contributed by atoms with Crippen molar-refractivity contribution in [3.63, 3.8) is 0 Å². The van der Waals surface area contributed by atoms with Gasteiger partial charge in [0.1, 0.15) is 0 Å². The van der Waals surface area contributed by atoms with Crippen LogP contribution in [0.3, 0.4) is 0 Å². The molecule has 134 valence electrons. The number of pyridine rings is 1. The third-order valence-electron chi connectivity index (χ3n) is 4.43. The molecule has 1 aromatic carbocycles. The number of hydrogen-bond acceptors (Lipinski definition) is 4. The van der Waals surface area contributed by atoms with Gasteiger partial charge in [0, 0.05) is 24.6 Å². The normalized spacial score (nSPS) is 15.2. The van der Waals surface area contributed by atoms with Crippen LogP contribution in [0, 0.1) is 6.92 Å². The molecule has 1 aliphatic rings. The molecule has 0 bridgehead atoms. The molecule has 26 heavy (non-hydrogen) atoms. The highest BCUT2D eigenvalue weighted by Crippen LogP contribution is 2.24. The molecule has 0 aliphatic carbocycles. The van der Waals surface area contributed by atoms with E-state index in [-0.39, 0.29) is 36.6 Å². The molecule has 3 amide bonds. The third kappa shape index (κ3) is 3.64. The van der Waals surface area contributed by atoms with Crippen LogP contribution in [-0.4, -0.2) is 22.7 Å². The lowest BCUT2D eigenvalue weighted by Crippen LogP contribution is -2.30. The topological polar surface area (TPSA) is 79.4 Å². The highest BCUT2D eigenvalue weighted by molar-refractivity contribution is 6.20. The quantitative estimate of drug-likeness (QED) is 0.840. The second-order valence-electron chi connectivity index (χ2n) is 6.37. The van der Waals surface area contributed by atoms with E-state index in [2.05, 4.69) is 10.3 Å². The minimum Gasteiger partial charge on any atom is -0.344 e. The lowest BCUT2D eigenvalue weighted by molar-refractivity contribution is -0.121. The Hall–Kier alpha value is -3.02. The van der Waals surface area contributed by atoms with Crippen molar-refractivity contribution in [2.75, 3.05) is 4.90 Å². The molecule has 1 atom stereocenters. The zero-order chi connectivity index (χ0) is 18.7. The SMILES string of the molecule is CC[C@H](NC(=O)c1cccc(N2C(=O)CCC2=O)c1)c1cc(C)ccn1. The van der Waals surface area contributed by atoms with Crippen molar-refractivity contribution in [1.82, 2.24) is 10.3 Å². The summed E-state index contributed by atoms with van der Waals surface area (Å²) >= 11 is 0. The molecule has 2 aromatic rings. The summed E-state index contributed by atoms with van der Waals surface area (Å²) in [6.45, 7) is 3.96. The van der Waals surface area contributed by atoms with Gasteiger partial charge in [0.25, 0.3) is 5.91 Å². The molecule has 6 nitrogen and oxygen atoms in total. The Labute approximate surface area is 152 Å². The molecule has 2 heterocycles. The number of carbonyl (C=O) groups is 3. The molecule has 1 fully saturated rings. The maximum Gasteiger partial charge on any atom is 0.251 e. The largest absolute Gasteiger partial charge is 0.344 e. The number of aryl methyl sites for hydroxylation is 1. The Balaban J connectivity index is 1.80. The van der Waals surface area contributed by atoms with Gasteiger partial charge in [0.05, 0.1) is 17.4 Å². The van der Waals surface area contributed by atoms with Gasteiger partial charge in [-0.1, -0.05) is 13.0 Å². The van der Waals surface area contributed by atoms with Crippen LogP contribution in [0.25, 0.3) is 0 Å². The Bertz CT molecular complexity index is 847. The summed E-state index contributed by atoms with van der Waals surface area (Å²) in [6, 6.07) is 10.2. The molecule has 6 heteroatoms. The minimum atomic E-state index is -0.263. The van der Waals surface area contributed by atoms with Crippen molar-refractivity contribution in [2.24, 2.45) is 0 Å². The fourth-order valence-electron chi connectivity index (χ4n) is 3.03. The smallest absolute Gasteiger partial charge is 0.251 e. The van der Waals surface area contributed by atoms with E-state index >= 15 is 0 Å². The van der Waals surface area contributed by atoms with Crippen molar-refractivity contribution in [2.45, 2.75) is 39.2 Å². The van der Waals surface area contributed by atoms with Crippen molar-refractivity contribution in [3.8, 4) is 0 Å². The highest BCUT2D eigenvalue weighted by Gasteiger charge is 2.30. The first-order chi connectivity index (χ1) is 12.5. The maximum absolute atomic E-state index is 12.7. The van der Waals surface area contributed by atoms with E-state index in [1.54, 1.807) is 30.5 Å². The number of amides is 3. The van der Waals surface area contributed by atoms with Gasteiger partial charge in [-0.2, -0.15) is 0 Å². The second kappa shape index (κ2) is 7.47. The molecule has 1 aromatic heterocycles. The molecular formula is C20H21N3O3. The van der Waals surface area contributed by atoms with Crippen molar-refractivity contribution < 1.29 is 14.4 Å². The molecule has 0 saturated carbocycles. The molecular weight excluding hydrogens is 330 g/mol. The number of aromatic nitrogens is 1. The third-order valence-corrected chi connectivity index (χ3v) is 4.43. The van der Waals surface area contributed by atoms with Crippen molar-refractivity contribution in [3.05, 3.63) is 59.4 Å². The number of carbonyl (C=O) groups excluding carboxylic acids is 3. The highest BCUT2D eigenvalue weighted by atomic mass is 16.2. The lowest BCUT2D eigenvalue weighted by Gasteiger charge is -2.18. The predicted molar refractivity (Wildman–Crippen MR) is 97.6 cm³/mol. The first kappa shape index (κ1) is 17.8. The number of nitrogens with zero attached hydrogens (tertiary/aromatic N) is 2. The molecule has 1 aliphatic heterocycles. The number of rotatable bonds is 5. The lowest BCUT2D eigenvalue weighted by atomic mass is 10.1. The molecule has 3 rings (SSSR count). The van der Waals surface area contributed by atoms with Crippen LogP contribution in [0.2, 0.25) is 0 Å². The van der Waals surface area contributed by atoms with Gasteiger partial charge in [0.15, 0.2) is 0 Å². The van der Waals surface area contributed by atoms with Gasteiger partial charge in [-0.15, -0.1) is 0 Å². The fourth-order valence-corrected chi connectivity index (χ4v) is 3.03. The van der Waals surface area contributed by atoms with Gasteiger partial charge in [-0.25, -0.2) is 0 Å². The van der Waals surface area contributed by atoms with Crippen LogP contribution in [-0.2, 0) is 9.59 Å². The summed E-state index contributed by atoms with van der Waals surface area (Å²) in [4.78, 5) is 42.0. The first-order valence-electron chi connectivity index (χ1n) is 8.69. The van der Waals surface area contributed by atoms with E-state index in [0.717, 1.165) is 16.2 Å².